The molecule has 2 atom stereocenters. The van der Waals surface area contributed by atoms with Crippen LogP contribution in [0.25, 0.3) is 0 Å². The average Bonchev–Trinajstić information content (AvgIpc) is 3.65. The molecule has 0 bridgehead atoms. The smallest absolute Gasteiger partial charge is 0.306 e. The summed E-state index contributed by atoms with van der Waals surface area (Å²) in [5.74, 6) is 0.153. The van der Waals surface area contributed by atoms with Gasteiger partial charge in [0.25, 0.3) is 5.91 Å². The van der Waals surface area contributed by atoms with Crippen LogP contribution >= 0.6 is 15.9 Å². The molecule has 2 aliphatic rings. The molecule has 2 aromatic rings. The Hall–Kier alpha value is -2.95. The van der Waals surface area contributed by atoms with Crippen LogP contribution < -0.4 is 15.6 Å². The van der Waals surface area contributed by atoms with Gasteiger partial charge in [-0.15, -0.1) is 0 Å². The zero-order valence-corrected chi connectivity index (χ0v) is 24.1. The number of aliphatic imine (C=N–C) groups is 1. The maximum atomic E-state index is 13.9. The highest BCUT2D eigenvalue weighted by Crippen LogP contribution is 2.45. The van der Waals surface area contributed by atoms with Crippen molar-refractivity contribution in [1.29, 1.82) is 0 Å². The molecular weight excluding hydrogens is 566 g/mol. The van der Waals surface area contributed by atoms with Gasteiger partial charge >= 0.3 is 5.97 Å². The summed E-state index contributed by atoms with van der Waals surface area (Å²) in [6, 6.07) is 15.0. The highest BCUT2D eigenvalue weighted by molar-refractivity contribution is 9.10. The minimum absolute atomic E-state index is 0.0210. The van der Waals surface area contributed by atoms with Gasteiger partial charge < -0.3 is 19.3 Å². The fourth-order valence-corrected chi connectivity index (χ4v) is 4.72. The Labute approximate surface area is 237 Å². The second-order valence-corrected chi connectivity index (χ2v) is 11.6. The first-order chi connectivity index (χ1) is 18.6. The topological polar surface area (TPSA) is 118 Å². The number of hydrazine groups is 1. The molecule has 9 nitrogen and oxygen atoms in total. The number of rotatable bonds is 12. The lowest BCUT2D eigenvalue weighted by Crippen LogP contribution is -2.53. The molecule has 2 aromatic carbocycles. The van der Waals surface area contributed by atoms with Gasteiger partial charge in [0.2, 0.25) is 5.90 Å². The van der Waals surface area contributed by atoms with E-state index in [0.717, 1.165) is 22.9 Å². The average molecular weight is 603 g/mol. The zero-order valence-electron chi connectivity index (χ0n) is 22.5. The van der Waals surface area contributed by atoms with E-state index in [1.807, 2.05) is 57.2 Å². The third-order valence-electron chi connectivity index (χ3n) is 6.32. The quantitative estimate of drug-likeness (QED) is 0.188. The van der Waals surface area contributed by atoms with Crippen LogP contribution in [0.1, 0.15) is 70.1 Å². The molecule has 1 aliphatic carbocycles. The molecule has 0 spiro atoms. The lowest BCUT2D eigenvalue weighted by molar-refractivity contribution is -0.155. The van der Waals surface area contributed by atoms with E-state index in [2.05, 4.69) is 26.8 Å². The van der Waals surface area contributed by atoms with Crippen molar-refractivity contribution in [1.82, 2.24) is 10.9 Å². The summed E-state index contributed by atoms with van der Waals surface area (Å²) in [6.07, 6.45) is 1.76. The minimum atomic E-state index is -1.44. The Morgan fingerprint density at radius 2 is 1.87 bits per heavy atom. The number of benzene rings is 2. The fraction of sp³-hybridized carbons (Fsp3) is 0.483. The molecule has 210 valence electrons. The standard InChI is InChI=1S/C29H36BrN3O6/c1-28(2,3)39-24(35)15-16-29(27(36)33-32-20-11-12-20)25(22-7-4-5-8-23(22)30)38-26(31-29)19-9-13-21(14-10-19)37-18-6-17-34/h4-5,7-10,13-14,20,25,32,34H,6,11-12,15-18H2,1-3H3,(H,33,36)/t25-,29-/m0/s1. The number of carbonyl (C=O) groups excluding carboxylic acids is 2. The summed E-state index contributed by atoms with van der Waals surface area (Å²) in [7, 11) is 0. The summed E-state index contributed by atoms with van der Waals surface area (Å²) in [4.78, 5) is 31.6. The predicted octanol–water partition coefficient (Wildman–Crippen LogP) is 4.37. The van der Waals surface area contributed by atoms with Gasteiger partial charge in [-0.2, -0.15) is 0 Å². The molecule has 0 unspecified atom stereocenters. The monoisotopic (exact) mass is 601 g/mol. The first-order valence-corrected chi connectivity index (χ1v) is 14.0. The molecule has 10 heteroatoms. The van der Waals surface area contributed by atoms with Crippen LogP contribution in [0.4, 0.5) is 0 Å². The number of nitrogens with one attached hydrogen (secondary N) is 2. The molecule has 1 fully saturated rings. The second-order valence-electron chi connectivity index (χ2n) is 10.8. The van der Waals surface area contributed by atoms with Crippen LogP contribution in [-0.4, -0.2) is 53.3 Å². The number of amides is 1. The largest absolute Gasteiger partial charge is 0.494 e. The van der Waals surface area contributed by atoms with E-state index >= 15 is 0 Å². The molecule has 4 rings (SSSR count). The fourth-order valence-electron chi connectivity index (χ4n) is 4.22. The predicted molar refractivity (Wildman–Crippen MR) is 150 cm³/mol. The number of aliphatic hydroxyl groups is 1. The van der Waals surface area contributed by atoms with Crippen LogP contribution in [0, 0.1) is 0 Å². The second kappa shape index (κ2) is 12.5. The van der Waals surface area contributed by atoms with E-state index in [1.54, 1.807) is 12.1 Å². The van der Waals surface area contributed by atoms with Crippen molar-refractivity contribution in [2.24, 2.45) is 4.99 Å². The van der Waals surface area contributed by atoms with E-state index in [-0.39, 0.29) is 31.4 Å². The van der Waals surface area contributed by atoms with Crippen LogP contribution in [0.15, 0.2) is 58.0 Å². The van der Waals surface area contributed by atoms with Gasteiger partial charge in [-0.1, -0.05) is 34.1 Å². The van der Waals surface area contributed by atoms with Crippen LogP contribution in [-0.2, 0) is 19.1 Å². The van der Waals surface area contributed by atoms with Crippen LogP contribution in [0.5, 0.6) is 5.75 Å². The maximum absolute atomic E-state index is 13.9. The van der Waals surface area contributed by atoms with Gasteiger partial charge in [0, 0.05) is 41.1 Å². The number of hydrogen-bond acceptors (Lipinski definition) is 8. The van der Waals surface area contributed by atoms with Crippen molar-refractivity contribution in [3.05, 3.63) is 64.1 Å². The van der Waals surface area contributed by atoms with E-state index < -0.39 is 23.2 Å². The number of hydrogen-bond donors (Lipinski definition) is 3. The third kappa shape index (κ3) is 7.58. The summed E-state index contributed by atoms with van der Waals surface area (Å²) >= 11 is 3.61. The first-order valence-electron chi connectivity index (χ1n) is 13.2. The maximum Gasteiger partial charge on any atom is 0.306 e. The normalized spacial score (nSPS) is 20.6. The van der Waals surface area contributed by atoms with Gasteiger partial charge in [0.15, 0.2) is 11.6 Å². The third-order valence-corrected chi connectivity index (χ3v) is 7.04. The number of halogens is 1. The van der Waals surface area contributed by atoms with Crippen molar-refractivity contribution in [3.63, 3.8) is 0 Å². The van der Waals surface area contributed by atoms with Crippen LogP contribution in [0.2, 0.25) is 0 Å². The Bertz CT molecular complexity index is 1190. The van der Waals surface area contributed by atoms with Crippen LogP contribution in [0.3, 0.4) is 0 Å². The zero-order chi connectivity index (χ0) is 28.0. The molecule has 1 saturated carbocycles. The van der Waals surface area contributed by atoms with Crippen molar-refractivity contribution in [3.8, 4) is 5.75 Å². The van der Waals surface area contributed by atoms with Gasteiger partial charge in [-0.25, -0.2) is 10.4 Å². The first kappa shape index (κ1) is 29.0. The summed E-state index contributed by atoms with van der Waals surface area (Å²) in [5, 5.41) is 8.99. The minimum Gasteiger partial charge on any atom is -0.494 e. The molecule has 0 aromatic heterocycles. The highest BCUT2D eigenvalue weighted by atomic mass is 79.9. The number of esters is 1. The number of aliphatic hydroxyl groups excluding tert-OH is 1. The molecular formula is C29H36BrN3O6. The van der Waals surface area contributed by atoms with E-state index in [9.17, 15) is 9.59 Å². The van der Waals surface area contributed by atoms with Gasteiger partial charge in [-0.3, -0.25) is 15.0 Å². The lowest BCUT2D eigenvalue weighted by atomic mass is 9.83. The van der Waals surface area contributed by atoms with Gasteiger partial charge in [0.1, 0.15) is 11.4 Å². The molecule has 39 heavy (non-hydrogen) atoms. The van der Waals surface area contributed by atoms with Crippen molar-refractivity contribution in [2.75, 3.05) is 13.2 Å². The van der Waals surface area contributed by atoms with Crippen molar-refractivity contribution >= 4 is 33.7 Å². The number of nitrogens with zero attached hydrogens (tertiary/aromatic N) is 1. The number of carbonyl (C=O) groups is 2. The summed E-state index contributed by atoms with van der Waals surface area (Å²) in [5.41, 5.74) is 5.24. The van der Waals surface area contributed by atoms with Gasteiger partial charge in [-0.05, 0) is 70.4 Å². The lowest BCUT2D eigenvalue weighted by Gasteiger charge is -2.31. The number of ether oxygens (including phenoxy) is 3. The summed E-state index contributed by atoms with van der Waals surface area (Å²) in [6.45, 7) is 5.89. The Morgan fingerprint density at radius 3 is 2.51 bits per heavy atom. The van der Waals surface area contributed by atoms with E-state index in [0.29, 0.717) is 30.2 Å². The van der Waals surface area contributed by atoms with Crippen molar-refractivity contribution in [2.45, 2.75) is 76.2 Å². The van der Waals surface area contributed by atoms with E-state index in [1.165, 1.54) is 0 Å². The Kier molecular flexibility index (Phi) is 9.30. The molecule has 1 aliphatic heterocycles. The van der Waals surface area contributed by atoms with Gasteiger partial charge in [0.05, 0.1) is 6.61 Å². The molecule has 0 radical (unpaired) electrons. The molecule has 0 saturated heterocycles. The molecule has 1 heterocycles. The Morgan fingerprint density at radius 1 is 1.15 bits per heavy atom. The summed E-state index contributed by atoms with van der Waals surface area (Å²) < 4.78 is 18.4. The van der Waals surface area contributed by atoms with E-state index in [4.69, 9.17) is 24.3 Å². The Balaban J connectivity index is 1.69. The molecule has 1 amide bonds. The SMILES string of the molecule is CC(C)(C)OC(=O)CC[C@]1(C(=O)NNC2CC2)N=C(c2ccc(OCCCO)cc2)O[C@H]1c1ccccc1Br. The highest BCUT2D eigenvalue weighted by Gasteiger charge is 2.54. The van der Waals surface area contributed by atoms with Crippen molar-refractivity contribution < 1.29 is 28.9 Å². The molecule has 3 N–H and O–H groups in total.